The number of hydrogen-bond donors (Lipinski definition) is 0. The van der Waals surface area contributed by atoms with Crippen molar-refractivity contribution in [2.24, 2.45) is 34.9 Å². The van der Waals surface area contributed by atoms with Crippen LogP contribution in [0.5, 0.6) is 0 Å². The number of aromatic nitrogens is 20. The zero-order chi connectivity index (χ0) is 59.8. The van der Waals surface area contributed by atoms with Crippen LogP contribution < -0.4 is 0 Å². The predicted octanol–water partition coefficient (Wildman–Crippen LogP) is 7.14. The van der Waals surface area contributed by atoms with Crippen LogP contribution in [0.25, 0.3) is 33.0 Å². The molecule has 0 aliphatic carbocycles. The third-order valence-corrected chi connectivity index (χ3v) is 11.7. The van der Waals surface area contributed by atoms with Gasteiger partial charge in [-0.1, -0.05) is 28.1 Å². The number of hydrogen-bond acceptors (Lipinski definition) is 20. The smallest absolute Gasteiger partial charge is 0.172 e. The van der Waals surface area contributed by atoms with Crippen LogP contribution in [0.1, 0.15) is 82.4 Å². The van der Waals surface area contributed by atoms with Crippen LogP contribution in [0.2, 0.25) is 0 Å². The third-order valence-electron chi connectivity index (χ3n) is 11.7. The summed E-state index contributed by atoms with van der Waals surface area (Å²) in [5.74, 6) is 6.59. The van der Waals surface area contributed by atoms with Crippen molar-refractivity contribution in [3.05, 3.63) is 126 Å². The Morgan fingerprint density at radius 1 is 0.457 bits per heavy atom. The van der Waals surface area contributed by atoms with Gasteiger partial charge in [-0.25, -0.2) is 33.4 Å². The van der Waals surface area contributed by atoms with Gasteiger partial charge in [-0.3, -0.25) is 34.9 Å². The molecule has 81 heavy (non-hydrogen) atoms. The molecule has 0 amide bonds. The van der Waals surface area contributed by atoms with E-state index < -0.39 is 0 Å². The summed E-state index contributed by atoms with van der Waals surface area (Å²) >= 11 is 0. The van der Waals surface area contributed by atoms with E-state index in [0.717, 1.165) is 90.8 Å². The van der Waals surface area contributed by atoms with Crippen LogP contribution in [-0.2, 0) is 0 Å². The molecule has 8 aromatic heterocycles. The minimum atomic E-state index is 0.656. The molecule has 0 saturated carbocycles. The molecule has 0 aliphatic rings. The molecule has 0 fully saturated rings. The number of rotatable bonds is 0. The summed E-state index contributed by atoms with van der Waals surface area (Å²) in [6, 6.07) is 16.5. The lowest BCUT2D eigenvalue weighted by atomic mass is 10.2. The van der Waals surface area contributed by atoms with Crippen molar-refractivity contribution in [3.8, 4) is 0 Å². The lowest BCUT2D eigenvalue weighted by Gasteiger charge is -2.01. The molecule has 0 atom stereocenters. The highest BCUT2D eigenvalue weighted by atomic mass is 15.6. The van der Waals surface area contributed by atoms with Crippen molar-refractivity contribution in [1.29, 1.82) is 0 Å². The van der Waals surface area contributed by atoms with E-state index in [1.165, 1.54) is 22.3 Å². The van der Waals surface area contributed by atoms with Crippen molar-refractivity contribution < 1.29 is 0 Å². The maximum Gasteiger partial charge on any atom is 0.172 e. The number of aliphatic imine (C=N–C) groups is 7. The van der Waals surface area contributed by atoms with Gasteiger partial charge in [-0.05, 0) is 143 Å². The van der Waals surface area contributed by atoms with Crippen molar-refractivity contribution >= 4 is 73.8 Å². The van der Waals surface area contributed by atoms with Gasteiger partial charge >= 0.3 is 0 Å². The summed E-state index contributed by atoms with van der Waals surface area (Å²) < 4.78 is 10.4. The molecule has 27 heteroatoms. The fraction of sp³-hybridized carbons (Fsp3) is 0.370. The second kappa shape index (κ2) is 31.5. The Morgan fingerprint density at radius 2 is 1.01 bits per heavy atom. The minimum absolute atomic E-state index is 0.656. The molecule has 8 heterocycles. The summed E-state index contributed by atoms with van der Waals surface area (Å²) in [6.45, 7) is 25.2. The molecule has 426 valence electrons. The maximum atomic E-state index is 4.33. The quantitative estimate of drug-likeness (QED) is 0.108. The first-order valence-corrected chi connectivity index (χ1v) is 25.4. The van der Waals surface area contributed by atoms with Gasteiger partial charge in [0.25, 0.3) is 0 Å². The maximum absolute atomic E-state index is 4.33. The Balaban J connectivity index is 0.000000205. The molecule has 10 rings (SSSR count). The lowest BCUT2D eigenvalue weighted by Crippen LogP contribution is -2.11. The molecular formula is C54H75N27. The first-order chi connectivity index (χ1) is 38.7. The molecular weight excluding hydrogens is 1030 g/mol. The molecule has 10 aromatic rings. The van der Waals surface area contributed by atoms with Crippen molar-refractivity contribution in [3.63, 3.8) is 0 Å². The van der Waals surface area contributed by atoms with Crippen LogP contribution in [0.3, 0.4) is 0 Å². The summed E-state index contributed by atoms with van der Waals surface area (Å²) in [4.78, 5) is 37.5. The van der Waals surface area contributed by atoms with Crippen LogP contribution in [-0.4, -0.2) is 189 Å². The Morgan fingerprint density at radius 3 is 1.57 bits per heavy atom. The van der Waals surface area contributed by atoms with E-state index in [1.807, 2.05) is 128 Å². The van der Waals surface area contributed by atoms with E-state index in [9.17, 15) is 0 Å². The van der Waals surface area contributed by atoms with Gasteiger partial charge in [-0.15, -0.1) is 25.2 Å². The topological polar surface area (TPSA) is 289 Å². The van der Waals surface area contributed by atoms with Gasteiger partial charge in [-0.2, -0.15) is 25.1 Å². The second-order valence-electron chi connectivity index (χ2n) is 17.6. The van der Waals surface area contributed by atoms with Crippen LogP contribution in [0.4, 0.5) is 0 Å². The molecule has 2 aromatic carbocycles. The monoisotopic (exact) mass is 1100 g/mol. The van der Waals surface area contributed by atoms with E-state index in [1.54, 1.807) is 93.7 Å². The second-order valence-corrected chi connectivity index (χ2v) is 17.6. The molecule has 0 unspecified atom stereocenters. The molecule has 0 bridgehead atoms. The van der Waals surface area contributed by atoms with E-state index in [2.05, 4.69) is 133 Å². The standard InChI is InChI=1S/C11H13N3.2C10H12N4.C8H13N3.C5H9N5.2C5H8N4/c1-8-4-5-11-10(6-8)7-13-14(11)9(2)12-3;1-7-4-9-6-13-14(8(2)11-3)10(9)12-5-7;1-7-4-5-10-9(6-7)12-13-14(10)8(2)11-3;1-6-5-7(2)11(10-6)8(3)9-4;1-4-7-9-10(8-4)5(2)6-3;1-5(6-2)9-4-7-3-8-9;1-5(6-2)9-4-3-7-8-9/h4-7H,1-3H3;2*4-6H,1-3H3;5H,1-4H3;1-3H3;2*3-4H,1-2H3. The Kier molecular flexibility index (Phi) is 24.8. The van der Waals surface area contributed by atoms with Gasteiger partial charge in [0.05, 0.1) is 41.5 Å². The molecule has 27 nitrogen and oxygen atoms in total. The van der Waals surface area contributed by atoms with E-state index in [4.69, 9.17) is 0 Å². The zero-order valence-electron chi connectivity index (χ0n) is 50.2. The van der Waals surface area contributed by atoms with Gasteiger partial charge in [0.15, 0.2) is 11.5 Å². The van der Waals surface area contributed by atoms with Crippen LogP contribution in [0.15, 0.2) is 127 Å². The molecule has 0 radical (unpaired) electrons. The van der Waals surface area contributed by atoms with Gasteiger partial charge < -0.3 is 0 Å². The van der Waals surface area contributed by atoms with Gasteiger partial charge in [0, 0.05) is 72.0 Å². The molecule has 0 spiro atoms. The first-order valence-electron chi connectivity index (χ1n) is 25.4. The first kappa shape index (κ1) is 63.7. The number of pyridine rings is 1. The highest BCUT2D eigenvalue weighted by Crippen LogP contribution is 2.16. The highest BCUT2D eigenvalue weighted by Gasteiger charge is 2.08. The fourth-order valence-electron chi connectivity index (χ4n) is 6.76. The van der Waals surface area contributed by atoms with Gasteiger partial charge in [0.1, 0.15) is 59.0 Å². The van der Waals surface area contributed by atoms with Crippen molar-refractivity contribution in [2.45, 2.75) is 90.0 Å². The Labute approximate surface area is 471 Å². The number of nitrogens with zero attached hydrogens (tertiary/aromatic N) is 27. The van der Waals surface area contributed by atoms with Gasteiger partial charge in [0.2, 0.25) is 0 Å². The van der Waals surface area contributed by atoms with E-state index in [0.29, 0.717) is 5.82 Å². The average Bonchev–Trinajstić information content (AvgIpc) is 4.44. The Hall–Kier alpha value is -9.82. The third kappa shape index (κ3) is 18.4. The number of fused-ring (bicyclic) bond motifs is 3. The van der Waals surface area contributed by atoms with E-state index >= 15 is 0 Å². The summed E-state index contributed by atoms with van der Waals surface area (Å²) in [5.41, 5.74) is 9.63. The number of aryl methyl sites for hydroxylation is 6. The fourth-order valence-corrected chi connectivity index (χ4v) is 6.76. The minimum Gasteiger partial charge on any atom is -0.274 e. The van der Waals surface area contributed by atoms with Crippen molar-refractivity contribution in [1.82, 2.24) is 99.3 Å². The molecule has 0 N–H and O–H groups in total. The Bertz CT molecular complexity index is 3500. The van der Waals surface area contributed by atoms with Crippen LogP contribution >= 0.6 is 0 Å². The summed E-state index contributed by atoms with van der Waals surface area (Å²) in [5, 5.41) is 45.7. The van der Waals surface area contributed by atoms with Crippen molar-refractivity contribution in [2.75, 3.05) is 49.3 Å². The zero-order valence-corrected chi connectivity index (χ0v) is 50.2. The summed E-state index contributed by atoms with van der Waals surface area (Å²) in [7, 11) is 12.2. The lowest BCUT2D eigenvalue weighted by molar-refractivity contribution is 0.755. The highest BCUT2D eigenvalue weighted by molar-refractivity contribution is 5.93. The largest absolute Gasteiger partial charge is 0.274 e. The predicted molar refractivity (Wildman–Crippen MR) is 324 cm³/mol. The number of tetrazole rings is 1. The normalized spacial score (nSPS) is 12.2. The van der Waals surface area contributed by atoms with Crippen LogP contribution in [0, 0.1) is 41.5 Å². The number of benzene rings is 2. The SMILES string of the molecule is CN=C(C)n1ccnn1.CN=C(C)n1cncn1.CN=C(C)n1nc(C)cc1C.CN=C(C)n1ncc2cc(C)ccc21.CN=C(C)n1ncc2cc(C)cnc21.CN=C(C)n1nnc(C)n1.CN=C(C)n1nnc2cc(C)ccc21. The molecule has 0 saturated heterocycles. The van der Waals surface area contributed by atoms with E-state index in [-0.39, 0.29) is 0 Å². The average molecular weight is 1100 g/mol. The molecule has 0 aliphatic heterocycles. The summed E-state index contributed by atoms with van der Waals surface area (Å²) in [6.07, 6.45) is 12.0.